The Morgan fingerprint density at radius 1 is 1.17 bits per heavy atom. The summed E-state index contributed by atoms with van der Waals surface area (Å²) in [7, 11) is 0. The van der Waals surface area contributed by atoms with E-state index in [2.05, 4.69) is 15.3 Å². The molecule has 150 valence electrons. The summed E-state index contributed by atoms with van der Waals surface area (Å²) in [6, 6.07) is 10.2. The molecule has 1 aliphatic carbocycles. The number of hydrogen-bond acceptors (Lipinski definition) is 4. The van der Waals surface area contributed by atoms with Crippen molar-refractivity contribution in [1.29, 1.82) is 0 Å². The van der Waals surface area contributed by atoms with Crippen LogP contribution in [0.15, 0.2) is 54.0 Å². The minimum atomic E-state index is -4.38. The average molecular weight is 417 g/mol. The summed E-state index contributed by atoms with van der Waals surface area (Å²) < 4.78 is 38.2. The Morgan fingerprint density at radius 2 is 1.93 bits per heavy atom. The van der Waals surface area contributed by atoms with Gasteiger partial charge in [0.05, 0.1) is 17.3 Å². The maximum Gasteiger partial charge on any atom is 0.416 e. The monoisotopic (exact) mass is 417 g/mol. The Bertz CT molecular complexity index is 982. The first-order valence-electron chi connectivity index (χ1n) is 9.25. The third-order valence-corrected chi connectivity index (χ3v) is 5.70. The predicted molar refractivity (Wildman–Crippen MR) is 104 cm³/mol. The third-order valence-electron chi connectivity index (χ3n) is 4.81. The third kappa shape index (κ3) is 4.82. The van der Waals surface area contributed by atoms with Crippen LogP contribution in [0.2, 0.25) is 0 Å². The van der Waals surface area contributed by atoms with Crippen LogP contribution in [0.3, 0.4) is 0 Å². The van der Waals surface area contributed by atoms with Gasteiger partial charge in [0.25, 0.3) is 5.91 Å². The first-order chi connectivity index (χ1) is 13.9. The van der Waals surface area contributed by atoms with Crippen LogP contribution in [0.1, 0.15) is 47.1 Å². The molecule has 1 amide bonds. The molecular formula is C21H18F3N3OS. The van der Waals surface area contributed by atoms with E-state index in [1.807, 2.05) is 18.2 Å². The van der Waals surface area contributed by atoms with Crippen LogP contribution >= 0.6 is 11.3 Å². The van der Waals surface area contributed by atoms with Gasteiger partial charge in [-0.1, -0.05) is 31.0 Å². The van der Waals surface area contributed by atoms with Gasteiger partial charge in [-0.3, -0.25) is 9.78 Å². The van der Waals surface area contributed by atoms with Crippen molar-refractivity contribution in [3.8, 4) is 10.6 Å². The molecule has 0 radical (unpaired) electrons. The lowest BCUT2D eigenvalue weighted by Gasteiger charge is -2.17. The molecule has 2 heterocycles. The number of nitrogens with zero attached hydrogens (tertiary/aromatic N) is 2. The number of benzene rings is 1. The van der Waals surface area contributed by atoms with Crippen LogP contribution in [0.5, 0.6) is 0 Å². The van der Waals surface area contributed by atoms with Gasteiger partial charge in [0.1, 0.15) is 10.7 Å². The summed E-state index contributed by atoms with van der Waals surface area (Å²) in [5, 5.41) is 5.13. The van der Waals surface area contributed by atoms with Gasteiger partial charge in [-0.05, 0) is 36.6 Å². The molecule has 1 fully saturated rings. The molecule has 1 N–H and O–H groups in total. The topological polar surface area (TPSA) is 54.9 Å². The molecule has 1 aliphatic rings. The molecule has 8 heteroatoms. The largest absolute Gasteiger partial charge is 0.416 e. The van der Waals surface area contributed by atoms with Crippen molar-refractivity contribution in [2.45, 2.75) is 31.5 Å². The fraction of sp³-hybridized carbons (Fsp3) is 0.286. The molecule has 0 bridgehead atoms. The quantitative estimate of drug-likeness (QED) is 0.577. The average Bonchev–Trinajstić information content (AvgIpc) is 3.39. The molecule has 29 heavy (non-hydrogen) atoms. The van der Waals surface area contributed by atoms with E-state index in [0.29, 0.717) is 16.5 Å². The molecule has 0 saturated heterocycles. The van der Waals surface area contributed by atoms with Crippen LogP contribution in [0, 0.1) is 5.92 Å². The summed E-state index contributed by atoms with van der Waals surface area (Å²) in [4.78, 5) is 21.4. The number of carbonyl (C=O) groups excluding carboxylic acids is 1. The Balaban J connectivity index is 1.48. The SMILES string of the molecule is O=C(NC(CC1CC1)c1ccccn1)c1csc(-c2ccc(C(F)(F)F)cc2)n1. The second kappa shape index (κ2) is 7.94. The van der Waals surface area contributed by atoms with Crippen LogP contribution in [-0.2, 0) is 6.18 Å². The molecule has 1 atom stereocenters. The lowest BCUT2D eigenvalue weighted by molar-refractivity contribution is -0.137. The molecular weight excluding hydrogens is 399 g/mol. The smallest absolute Gasteiger partial charge is 0.342 e. The molecule has 0 spiro atoms. The highest BCUT2D eigenvalue weighted by molar-refractivity contribution is 7.13. The van der Waals surface area contributed by atoms with Crippen molar-refractivity contribution in [2.24, 2.45) is 5.92 Å². The van der Waals surface area contributed by atoms with E-state index in [9.17, 15) is 18.0 Å². The van der Waals surface area contributed by atoms with Gasteiger partial charge in [-0.15, -0.1) is 11.3 Å². The zero-order valence-electron chi connectivity index (χ0n) is 15.3. The number of pyridine rings is 1. The van der Waals surface area contributed by atoms with Crippen LogP contribution in [0.25, 0.3) is 10.6 Å². The standard InChI is InChI=1S/C21H18F3N3OS/c22-21(23,24)15-8-6-14(7-9-15)20-27-18(12-29-20)19(28)26-17(11-13-4-5-13)16-3-1-2-10-25-16/h1-3,6-10,12-13,17H,4-5,11H2,(H,26,28). The molecule has 1 saturated carbocycles. The highest BCUT2D eigenvalue weighted by Crippen LogP contribution is 2.37. The number of aromatic nitrogens is 2. The molecule has 2 aromatic heterocycles. The Morgan fingerprint density at radius 3 is 2.55 bits per heavy atom. The van der Waals surface area contributed by atoms with Crippen molar-refractivity contribution in [3.63, 3.8) is 0 Å². The van der Waals surface area contributed by atoms with Gasteiger partial charge >= 0.3 is 6.18 Å². The van der Waals surface area contributed by atoms with E-state index in [-0.39, 0.29) is 17.6 Å². The molecule has 3 aromatic rings. The van der Waals surface area contributed by atoms with Crippen molar-refractivity contribution in [2.75, 3.05) is 0 Å². The highest BCUT2D eigenvalue weighted by atomic mass is 32.1. The number of carbonyl (C=O) groups is 1. The Kier molecular flexibility index (Phi) is 5.36. The lowest BCUT2D eigenvalue weighted by atomic mass is 10.1. The fourth-order valence-electron chi connectivity index (χ4n) is 3.07. The van der Waals surface area contributed by atoms with Crippen LogP contribution in [0.4, 0.5) is 13.2 Å². The first kappa shape index (κ1) is 19.6. The van der Waals surface area contributed by atoms with Gasteiger partial charge in [0, 0.05) is 17.1 Å². The number of nitrogens with one attached hydrogen (secondary N) is 1. The molecule has 4 rings (SSSR count). The lowest BCUT2D eigenvalue weighted by Crippen LogP contribution is -2.29. The number of alkyl halides is 3. The van der Waals surface area contributed by atoms with Gasteiger partial charge < -0.3 is 5.32 Å². The van der Waals surface area contributed by atoms with Crippen molar-refractivity contribution < 1.29 is 18.0 Å². The number of thiazole rings is 1. The van der Waals surface area contributed by atoms with Crippen molar-refractivity contribution >= 4 is 17.2 Å². The number of amides is 1. The number of halogens is 3. The zero-order valence-corrected chi connectivity index (χ0v) is 16.1. The number of rotatable bonds is 6. The Hall–Kier alpha value is -2.74. The second-order valence-corrected chi connectivity index (χ2v) is 7.93. The van der Waals surface area contributed by atoms with E-state index < -0.39 is 11.7 Å². The van der Waals surface area contributed by atoms with E-state index >= 15 is 0 Å². The second-order valence-electron chi connectivity index (χ2n) is 7.07. The van der Waals surface area contributed by atoms with E-state index in [4.69, 9.17) is 0 Å². The summed E-state index contributed by atoms with van der Waals surface area (Å²) in [6.45, 7) is 0. The minimum absolute atomic E-state index is 0.188. The van der Waals surface area contributed by atoms with E-state index in [1.54, 1.807) is 11.6 Å². The molecule has 0 aliphatic heterocycles. The first-order valence-corrected chi connectivity index (χ1v) is 10.1. The molecule has 1 unspecified atom stereocenters. The highest BCUT2D eigenvalue weighted by Gasteiger charge is 2.30. The van der Waals surface area contributed by atoms with E-state index in [1.165, 1.54) is 23.5 Å². The Labute approximate surface area is 169 Å². The van der Waals surface area contributed by atoms with Gasteiger partial charge in [0.2, 0.25) is 0 Å². The molecule has 1 aromatic carbocycles. The predicted octanol–water partition coefficient (Wildman–Crippen LogP) is 5.50. The number of hydrogen-bond donors (Lipinski definition) is 1. The molecule has 4 nitrogen and oxygen atoms in total. The van der Waals surface area contributed by atoms with Gasteiger partial charge in [-0.25, -0.2) is 4.98 Å². The maximum atomic E-state index is 12.7. The van der Waals surface area contributed by atoms with E-state index in [0.717, 1.165) is 37.1 Å². The summed E-state index contributed by atoms with van der Waals surface area (Å²) >= 11 is 1.22. The summed E-state index contributed by atoms with van der Waals surface area (Å²) in [5.74, 6) is 0.288. The van der Waals surface area contributed by atoms with Gasteiger partial charge in [0.15, 0.2) is 0 Å². The minimum Gasteiger partial charge on any atom is -0.342 e. The van der Waals surface area contributed by atoms with Gasteiger partial charge in [-0.2, -0.15) is 13.2 Å². The van der Waals surface area contributed by atoms with Crippen molar-refractivity contribution in [3.05, 3.63) is 71.0 Å². The summed E-state index contributed by atoms with van der Waals surface area (Å²) in [5.41, 5.74) is 0.892. The summed E-state index contributed by atoms with van der Waals surface area (Å²) in [6.07, 6.45) is 0.474. The zero-order chi connectivity index (χ0) is 20.4. The van der Waals surface area contributed by atoms with Crippen molar-refractivity contribution in [1.82, 2.24) is 15.3 Å². The normalized spacial score (nSPS) is 15.1. The maximum absolute atomic E-state index is 12.7. The fourth-order valence-corrected chi connectivity index (χ4v) is 3.87. The van der Waals surface area contributed by atoms with Crippen LogP contribution < -0.4 is 5.32 Å². The van der Waals surface area contributed by atoms with Crippen LogP contribution in [-0.4, -0.2) is 15.9 Å².